The summed E-state index contributed by atoms with van der Waals surface area (Å²) in [6, 6.07) is 6.19. The van der Waals surface area contributed by atoms with E-state index in [1.165, 1.54) is 12.1 Å². The molecule has 1 fully saturated rings. The van der Waals surface area contributed by atoms with Crippen LogP contribution in [0, 0.1) is 10.1 Å². The number of nitrogens with zero attached hydrogens (tertiary/aromatic N) is 2. The van der Waals surface area contributed by atoms with Gasteiger partial charge in [-0.3, -0.25) is 19.8 Å². The van der Waals surface area contributed by atoms with Crippen molar-refractivity contribution in [2.24, 2.45) is 0 Å². The van der Waals surface area contributed by atoms with Crippen LogP contribution >= 0.6 is 0 Å². The number of hydrogen-bond donors (Lipinski definition) is 2. The van der Waals surface area contributed by atoms with Gasteiger partial charge in [0.15, 0.2) is 0 Å². The van der Waals surface area contributed by atoms with E-state index in [0.29, 0.717) is 19.6 Å². The van der Waals surface area contributed by atoms with Crippen LogP contribution in [0.5, 0.6) is 0 Å². The molecule has 1 aromatic carbocycles. The first-order chi connectivity index (χ1) is 11.4. The second kappa shape index (κ2) is 8.60. The minimum atomic E-state index is -0.433. The fourth-order valence-corrected chi connectivity index (χ4v) is 2.78. The van der Waals surface area contributed by atoms with Gasteiger partial charge in [0, 0.05) is 44.0 Å². The number of amides is 1. The van der Waals surface area contributed by atoms with E-state index < -0.39 is 4.92 Å². The van der Waals surface area contributed by atoms with Gasteiger partial charge in [0.1, 0.15) is 0 Å². The molecule has 1 aliphatic rings. The molecule has 0 aliphatic carbocycles. The first-order valence-electron chi connectivity index (χ1n) is 8.07. The molecule has 0 spiro atoms. The van der Waals surface area contributed by atoms with Crippen molar-refractivity contribution in [1.82, 2.24) is 10.2 Å². The summed E-state index contributed by atoms with van der Waals surface area (Å²) in [6.45, 7) is 6.96. The summed E-state index contributed by atoms with van der Waals surface area (Å²) in [5, 5.41) is 16.6. The van der Waals surface area contributed by atoms with Crippen molar-refractivity contribution in [2.45, 2.75) is 26.1 Å². The molecule has 0 aromatic heterocycles. The summed E-state index contributed by atoms with van der Waals surface area (Å²) in [6.07, 6.45) is 0.288. The zero-order valence-electron chi connectivity index (χ0n) is 14.0. The smallest absolute Gasteiger partial charge is 0.269 e. The van der Waals surface area contributed by atoms with Crippen molar-refractivity contribution in [3.8, 4) is 0 Å². The Kier molecular flexibility index (Phi) is 6.51. The highest BCUT2D eigenvalue weighted by Crippen LogP contribution is 2.14. The highest BCUT2D eigenvalue weighted by molar-refractivity contribution is 5.78. The lowest BCUT2D eigenvalue weighted by Crippen LogP contribution is -2.49. The first-order valence-corrected chi connectivity index (χ1v) is 8.07. The Labute approximate surface area is 141 Å². The van der Waals surface area contributed by atoms with Gasteiger partial charge in [0.2, 0.25) is 5.91 Å². The molecule has 2 rings (SSSR count). The largest absolute Gasteiger partial charge is 0.383 e. The lowest BCUT2D eigenvalue weighted by Gasteiger charge is -2.34. The standard InChI is InChI=1S/C16H24N4O4/c1-12-9-19(10-13(2)24-12)11-16(21)18-8-7-17-14-3-5-15(6-4-14)20(22)23/h3-6,12-13,17H,7-11H2,1-2H3,(H,18,21)/t12-,13-/m1/s1. The number of non-ortho nitro benzene ring substituents is 1. The van der Waals surface area contributed by atoms with Crippen LogP contribution in [-0.4, -0.2) is 60.7 Å². The predicted octanol–water partition coefficient (Wildman–Crippen LogP) is 1.23. The summed E-state index contributed by atoms with van der Waals surface area (Å²) >= 11 is 0. The van der Waals surface area contributed by atoms with Gasteiger partial charge >= 0.3 is 0 Å². The van der Waals surface area contributed by atoms with E-state index in [0.717, 1.165) is 18.8 Å². The Morgan fingerprint density at radius 1 is 1.25 bits per heavy atom. The quantitative estimate of drug-likeness (QED) is 0.442. The number of morpholine rings is 1. The van der Waals surface area contributed by atoms with Crippen LogP contribution < -0.4 is 10.6 Å². The van der Waals surface area contributed by atoms with E-state index >= 15 is 0 Å². The summed E-state index contributed by atoms with van der Waals surface area (Å²) in [5.41, 5.74) is 0.841. The molecule has 2 atom stereocenters. The average Bonchev–Trinajstić information content (AvgIpc) is 2.51. The molecule has 24 heavy (non-hydrogen) atoms. The van der Waals surface area contributed by atoms with Crippen molar-refractivity contribution in [1.29, 1.82) is 0 Å². The van der Waals surface area contributed by atoms with Crippen molar-refractivity contribution in [3.63, 3.8) is 0 Å². The minimum Gasteiger partial charge on any atom is -0.383 e. The van der Waals surface area contributed by atoms with Gasteiger partial charge in [-0.2, -0.15) is 0 Å². The first kappa shape index (κ1) is 18.2. The molecule has 1 heterocycles. The number of carbonyl (C=O) groups is 1. The van der Waals surface area contributed by atoms with E-state index in [-0.39, 0.29) is 23.8 Å². The van der Waals surface area contributed by atoms with Crippen molar-refractivity contribution < 1.29 is 14.5 Å². The van der Waals surface area contributed by atoms with Crippen molar-refractivity contribution in [2.75, 3.05) is 38.0 Å². The minimum absolute atomic E-state index is 0.0122. The number of nitro benzene ring substituents is 1. The zero-order valence-corrected chi connectivity index (χ0v) is 14.0. The van der Waals surface area contributed by atoms with Crippen molar-refractivity contribution in [3.05, 3.63) is 34.4 Å². The topological polar surface area (TPSA) is 96.7 Å². The maximum Gasteiger partial charge on any atom is 0.269 e. The fraction of sp³-hybridized carbons (Fsp3) is 0.562. The van der Waals surface area contributed by atoms with E-state index in [9.17, 15) is 14.9 Å². The van der Waals surface area contributed by atoms with Gasteiger partial charge in [0.05, 0.1) is 23.7 Å². The third kappa shape index (κ3) is 5.78. The van der Waals surface area contributed by atoms with Crippen LogP contribution in [0.3, 0.4) is 0 Å². The highest BCUT2D eigenvalue weighted by atomic mass is 16.6. The molecule has 8 nitrogen and oxygen atoms in total. The Morgan fingerprint density at radius 3 is 2.46 bits per heavy atom. The number of rotatable bonds is 7. The molecule has 0 saturated carbocycles. The molecule has 0 radical (unpaired) electrons. The zero-order chi connectivity index (χ0) is 17.5. The Hall–Kier alpha value is -2.19. The monoisotopic (exact) mass is 336 g/mol. The second-order valence-corrected chi connectivity index (χ2v) is 6.03. The summed E-state index contributed by atoms with van der Waals surface area (Å²) in [7, 11) is 0. The molecule has 0 bridgehead atoms. The maximum atomic E-state index is 12.0. The van der Waals surface area contributed by atoms with Gasteiger partial charge in [-0.25, -0.2) is 0 Å². The molecule has 0 unspecified atom stereocenters. The molecule has 8 heteroatoms. The van der Waals surface area contributed by atoms with Crippen LogP contribution in [0.2, 0.25) is 0 Å². The van der Waals surface area contributed by atoms with Gasteiger partial charge < -0.3 is 15.4 Å². The Balaban J connectivity index is 1.64. The second-order valence-electron chi connectivity index (χ2n) is 6.03. The van der Waals surface area contributed by atoms with E-state index in [1.54, 1.807) is 12.1 Å². The summed E-state index contributed by atoms with van der Waals surface area (Å²) in [4.78, 5) is 24.2. The van der Waals surface area contributed by atoms with E-state index in [2.05, 4.69) is 15.5 Å². The third-order valence-corrected chi connectivity index (χ3v) is 3.72. The number of hydrogen-bond acceptors (Lipinski definition) is 6. The fourth-order valence-electron chi connectivity index (χ4n) is 2.78. The summed E-state index contributed by atoms with van der Waals surface area (Å²) in [5.74, 6) is -0.0122. The average molecular weight is 336 g/mol. The van der Waals surface area contributed by atoms with Crippen LogP contribution in [0.15, 0.2) is 24.3 Å². The lowest BCUT2D eigenvalue weighted by molar-refractivity contribution is -0.384. The molecule has 132 valence electrons. The molecular weight excluding hydrogens is 312 g/mol. The number of nitro groups is 1. The number of carbonyl (C=O) groups excluding carboxylic acids is 1. The highest BCUT2D eigenvalue weighted by Gasteiger charge is 2.23. The van der Waals surface area contributed by atoms with Gasteiger partial charge in [-0.1, -0.05) is 0 Å². The van der Waals surface area contributed by atoms with Crippen molar-refractivity contribution >= 4 is 17.3 Å². The maximum absolute atomic E-state index is 12.0. The molecular formula is C16H24N4O4. The van der Waals surface area contributed by atoms with E-state index in [4.69, 9.17) is 4.74 Å². The number of anilines is 1. The Morgan fingerprint density at radius 2 is 1.88 bits per heavy atom. The van der Waals surface area contributed by atoms with Crippen LogP contribution in [-0.2, 0) is 9.53 Å². The predicted molar refractivity (Wildman–Crippen MR) is 91.0 cm³/mol. The molecule has 1 aliphatic heterocycles. The van der Waals surface area contributed by atoms with Gasteiger partial charge in [-0.05, 0) is 26.0 Å². The lowest BCUT2D eigenvalue weighted by atomic mass is 10.2. The molecule has 1 aromatic rings. The van der Waals surface area contributed by atoms with Crippen LogP contribution in [0.1, 0.15) is 13.8 Å². The number of benzene rings is 1. The molecule has 2 N–H and O–H groups in total. The van der Waals surface area contributed by atoms with Gasteiger partial charge in [0.25, 0.3) is 5.69 Å². The third-order valence-electron chi connectivity index (χ3n) is 3.72. The SMILES string of the molecule is C[C@@H]1CN(CC(=O)NCCNc2ccc([N+](=O)[O-])cc2)C[C@@H](C)O1. The Bertz CT molecular complexity index is 554. The van der Waals surface area contributed by atoms with E-state index in [1.807, 2.05) is 13.8 Å². The normalized spacial score (nSPS) is 21.2. The van der Waals surface area contributed by atoms with Crippen LogP contribution in [0.4, 0.5) is 11.4 Å². The van der Waals surface area contributed by atoms with Gasteiger partial charge in [-0.15, -0.1) is 0 Å². The molecule has 1 saturated heterocycles. The number of nitrogens with one attached hydrogen (secondary N) is 2. The van der Waals surface area contributed by atoms with Crippen LogP contribution in [0.25, 0.3) is 0 Å². The molecule has 1 amide bonds. The number of ether oxygens (including phenoxy) is 1. The summed E-state index contributed by atoms with van der Waals surface area (Å²) < 4.78 is 5.64.